The van der Waals surface area contributed by atoms with Crippen LogP contribution in [0.1, 0.15) is 25.0 Å². The van der Waals surface area contributed by atoms with Gasteiger partial charge in [0.15, 0.2) is 5.96 Å². The fourth-order valence-electron chi connectivity index (χ4n) is 2.39. The van der Waals surface area contributed by atoms with Crippen molar-refractivity contribution in [3.05, 3.63) is 65.7 Å². The first-order valence-corrected chi connectivity index (χ1v) is 8.79. The maximum Gasteiger partial charge on any atom is 0.227 e. The van der Waals surface area contributed by atoms with Gasteiger partial charge in [0.05, 0.1) is 12.0 Å². The summed E-state index contributed by atoms with van der Waals surface area (Å²) in [7, 11) is 1.65. The number of benzene rings is 2. The molecule has 0 heterocycles. The minimum Gasteiger partial charge on any atom is -0.359 e. The molecule has 0 radical (unpaired) electrons. The van der Waals surface area contributed by atoms with E-state index in [-0.39, 0.29) is 29.9 Å². The maximum atomic E-state index is 12.0. The molecule has 146 valence electrons. The van der Waals surface area contributed by atoms with Crippen LogP contribution in [-0.2, 0) is 11.3 Å². The molecule has 6 heteroatoms. The van der Waals surface area contributed by atoms with Crippen molar-refractivity contribution in [2.75, 3.05) is 18.9 Å². The summed E-state index contributed by atoms with van der Waals surface area (Å²) < 4.78 is 0. The monoisotopic (exact) mass is 480 g/mol. The van der Waals surface area contributed by atoms with Crippen molar-refractivity contribution in [3.8, 4) is 0 Å². The standard InChI is InChI=1S/C21H28N4O.HI/c1-16-10-12-17(13-11-16)14-23-20(25-18-8-6-5-7-9-18)24-15-21(2,3)19(26)22-4;/h5-13H,14-15H2,1-4H3,(H,22,26)(H2,23,24,25);1H. The summed E-state index contributed by atoms with van der Waals surface area (Å²) >= 11 is 0. The van der Waals surface area contributed by atoms with Crippen molar-refractivity contribution in [3.63, 3.8) is 0 Å². The van der Waals surface area contributed by atoms with Crippen molar-refractivity contribution < 1.29 is 4.79 Å². The number of rotatable bonds is 6. The van der Waals surface area contributed by atoms with E-state index in [0.717, 1.165) is 11.3 Å². The molecule has 0 atom stereocenters. The van der Waals surface area contributed by atoms with Gasteiger partial charge in [-0.25, -0.2) is 4.99 Å². The van der Waals surface area contributed by atoms with Gasteiger partial charge in [0, 0.05) is 19.3 Å². The highest BCUT2D eigenvalue weighted by Gasteiger charge is 2.26. The average molecular weight is 480 g/mol. The number of nitrogens with zero attached hydrogens (tertiary/aromatic N) is 1. The van der Waals surface area contributed by atoms with Crippen LogP contribution < -0.4 is 16.0 Å². The average Bonchev–Trinajstić information content (AvgIpc) is 2.65. The minimum absolute atomic E-state index is 0. The molecule has 0 fully saturated rings. The van der Waals surface area contributed by atoms with Crippen LogP contribution in [0.15, 0.2) is 59.6 Å². The number of hydrogen-bond donors (Lipinski definition) is 3. The molecule has 0 bridgehead atoms. The number of carbonyl (C=O) groups is 1. The van der Waals surface area contributed by atoms with Crippen LogP contribution in [0.2, 0.25) is 0 Å². The number of hydrogen-bond acceptors (Lipinski definition) is 2. The second-order valence-corrected chi connectivity index (χ2v) is 6.96. The summed E-state index contributed by atoms with van der Waals surface area (Å²) in [6, 6.07) is 18.2. The molecule has 0 aliphatic rings. The number of anilines is 1. The number of carbonyl (C=O) groups excluding carboxylic acids is 1. The minimum atomic E-state index is -0.544. The first-order valence-electron chi connectivity index (χ1n) is 8.79. The second kappa shape index (κ2) is 10.9. The van der Waals surface area contributed by atoms with E-state index in [1.165, 1.54) is 5.56 Å². The van der Waals surface area contributed by atoms with Gasteiger partial charge in [0.25, 0.3) is 0 Å². The lowest BCUT2D eigenvalue weighted by atomic mass is 9.92. The van der Waals surface area contributed by atoms with Gasteiger partial charge in [-0.05, 0) is 38.5 Å². The Morgan fingerprint density at radius 3 is 2.26 bits per heavy atom. The fraction of sp³-hybridized carbons (Fsp3) is 0.333. The Balaban J connectivity index is 0.00000364. The normalized spacial score (nSPS) is 11.3. The molecule has 0 saturated carbocycles. The van der Waals surface area contributed by atoms with Crippen molar-refractivity contribution in [2.45, 2.75) is 27.3 Å². The molecule has 0 aromatic heterocycles. The van der Waals surface area contributed by atoms with Gasteiger partial charge in [-0.2, -0.15) is 0 Å². The summed E-state index contributed by atoms with van der Waals surface area (Å²) in [6.45, 7) is 6.90. The van der Waals surface area contributed by atoms with Gasteiger partial charge < -0.3 is 16.0 Å². The van der Waals surface area contributed by atoms with Crippen LogP contribution in [0.4, 0.5) is 5.69 Å². The van der Waals surface area contributed by atoms with E-state index < -0.39 is 5.41 Å². The van der Waals surface area contributed by atoms with Gasteiger partial charge in [-0.3, -0.25) is 4.79 Å². The largest absolute Gasteiger partial charge is 0.359 e. The van der Waals surface area contributed by atoms with Gasteiger partial charge in [-0.15, -0.1) is 24.0 Å². The van der Waals surface area contributed by atoms with Crippen LogP contribution in [-0.4, -0.2) is 25.5 Å². The summed E-state index contributed by atoms with van der Waals surface area (Å²) in [6.07, 6.45) is 0. The summed E-state index contributed by atoms with van der Waals surface area (Å²) in [5.41, 5.74) is 2.76. The molecule has 5 nitrogen and oxygen atoms in total. The molecule has 0 aliphatic carbocycles. The van der Waals surface area contributed by atoms with Crippen LogP contribution in [0.3, 0.4) is 0 Å². The molecule has 0 saturated heterocycles. The number of halogens is 1. The van der Waals surface area contributed by atoms with Crippen molar-refractivity contribution in [2.24, 2.45) is 10.4 Å². The number of nitrogens with one attached hydrogen (secondary N) is 3. The topological polar surface area (TPSA) is 65.5 Å². The third-order valence-corrected chi connectivity index (χ3v) is 4.12. The lowest BCUT2D eigenvalue weighted by Gasteiger charge is -2.24. The predicted molar refractivity (Wildman–Crippen MR) is 124 cm³/mol. The molecule has 2 rings (SSSR count). The van der Waals surface area contributed by atoms with E-state index in [9.17, 15) is 4.79 Å². The van der Waals surface area contributed by atoms with E-state index in [0.29, 0.717) is 19.0 Å². The third kappa shape index (κ3) is 7.58. The number of guanidine groups is 1. The number of aliphatic imine (C=N–C) groups is 1. The highest BCUT2D eigenvalue weighted by molar-refractivity contribution is 14.0. The Labute approximate surface area is 179 Å². The molecular formula is C21H29IN4O. The molecule has 27 heavy (non-hydrogen) atoms. The maximum absolute atomic E-state index is 12.0. The molecule has 2 aromatic carbocycles. The van der Waals surface area contributed by atoms with Crippen LogP contribution in [0, 0.1) is 12.3 Å². The highest BCUT2D eigenvalue weighted by atomic mass is 127. The lowest BCUT2D eigenvalue weighted by Crippen LogP contribution is -2.45. The van der Waals surface area contributed by atoms with E-state index >= 15 is 0 Å². The van der Waals surface area contributed by atoms with Crippen molar-refractivity contribution >= 4 is 41.5 Å². The zero-order valence-corrected chi connectivity index (χ0v) is 18.7. The van der Waals surface area contributed by atoms with Gasteiger partial charge in [-0.1, -0.05) is 48.0 Å². The molecular weight excluding hydrogens is 451 g/mol. The van der Waals surface area contributed by atoms with Crippen LogP contribution in [0.25, 0.3) is 0 Å². The summed E-state index contributed by atoms with van der Waals surface area (Å²) in [5, 5.41) is 9.28. The molecule has 0 spiro atoms. The summed E-state index contributed by atoms with van der Waals surface area (Å²) in [5.74, 6) is 0.636. The smallest absolute Gasteiger partial charge is 0.227 e. The lowest BCUT2D eigenvalue weighted by molar-refractivity contribution is -0.128. The van der Waals surface area contributed by atoms with Crippen molar-refractivity contribution in [1.82, 2.24) is 10.6 Å². The van der Waals surface area contributed by atoms with Crippen LogP contribution in [0.5, 0.6) is 0 Å². The van der Waals surface area contributed by atoms with Gasteiger partial charge >= 0.3 is 0 Å². The van der Waals surface area contributed by atoms with E-state index in [4.69, 9.17) is 0 Å². The Bertz CT molecular complexity index is 743. The summed E-state index contributed by atoms with van der Waals surface area (Å²) in [4.78, 5) is 16.7. The first-order chi connectivity index (χ1) is 12.4. The number of amides is 1. The van der Waals surface area contributed by atoms with E-state index in [1.807, 2.05) is 44.2 Å². The Morgan fingerprint density at radius 1 is 1.04 bits per heavy atom. The molecule has 0 aliphatic heterocycles. The Morgan fingerprint density at radius 2 is 1.67 bits per heavy atom. The SMILES string of the molecule is CNC(=O)C(C)(C)CNC(=NCc1ccc(C)cc1)Nc1ccccc1.I. The predicted octanol–water partition coefficient (Wildman–Crippen LogP) is 3.94. The zero-order valence-electron chi connectivity index (χ0n) is 16.4. The van der Waals surface area contributed by atoms with Gasteiger partial charge in [0.1, 0.15) is 0 Å². The Hall–Kier alpha value is -2.09. The first kappa shape index (κ1) is 23.0. The van der Waals surface area contributed by atoms with E-state index in [2.05, 4.69) is 52.1 Å². The fourth-order valence-corrected chi connectivity index (χ4v) is 2.39. The van der Waals surface area contributed by atoms with E-state index in [1.54, 1.807) is 7.05 Å². The second-order valence-electron chi connectivity index (χ2n) is 6.96. The third-order valence-electron chi connectivity index (χ3n) is 4.12. The van der Waals surface area contributed by atoms with Crippen molar-refractivity contribution in [1.29, 1.82) is 0 Å². The zero-order chi connectivity index (χ0) is 19.0. The molecule has 0 unspecified atom stereocenters. The Kier molecular flexibility index (Phi) is 9.28. The number of para-hydroxylation sites is 1. The molecule has 3 N–H and O–H groups in total. The molecule has 2 aromatic rings. The van der Waals surface area contributed by atoms with Crippen LogP contribution >= 0.6 is 24.0 Å². The highest BCUT2D eigenvalue weighted by Crippen LogP contribution is 2.14. The molecule has 1 amide bonds. The van der Waals surface area contributed by atoms with Gasteiger partial charge in [0.2, 0.25) is 5.91 Å². The number of aryl methyl sites for hydroxylation is 1. The quantitative estimate of drug-likeness (QED) is 0.334.